The molecule has 1 amide bonds. The first-order valence-electron chi connectivity index (χ1n) is 4.61. The number of halogens is 1. The predicted octanol–water partition coefficient (Wildman–Crippen LogP) is 1.27. The first kappa shape index (κ1) is 14.9. The van der Waals surface area contributed by atoms with E-state index in [-0.39, 0.29) is 24.4 Å². The molecule has 4 nitrogen and oxygen atoms in total. The highest BCUT2D eigenvalue weighted by atomic mass is 35.5. The summed E-state index contributed by atoms with van der Waals surface area (Å²) in [6, 6.07) is 5.54. The van der Waals surface area contributed by atoms with Crippen molar-refractivity contribution in [3.8, 4) is 6.07 Å². The van der Waals surface area contributed by atoms with Crippen molar-refractivity contribution < 1.29 is 4.79 Å². The van der Waals surface area contributed by atoms with Gasteiger partial charge in [0.1, 0.15) is 10.9 Å². The second kappa shape index (κ2) is 7.23. The van der Waals surface area contributed by atoms with Gasteiger partial charge in [-0.15, -0.1) is 23.7 Å². The van der Waals surface area contributed by atoms with Crippen molar-refractivity contribution in [3.05, 3.63) is 21.9 Å². The van der Waals surface area contributed by atoms with Crippen molar-refractivity contribution in [2.75, 3.05) is 7.05 Å². The lowest BCUT2D eigenvalue weighted by Crippen LogP contribution is -2.40. The Hall–Kier alpha value is -1.09. The number of hydrogen-bond donors (Lipinski definition) is 2. The fourth-order valence-corrected chi connectivity index (χ4v) is 1.85. The van der Waals surface area contributed by atoms with Gasteiger partial charge < -0.3 is 10.6 Å². The minimum absolute atomic E-state index is 0. The minimum Gasteiger partial charge on any atom is -0.358 e. The molecule has 0 bridgehead atoms. The van der Waals surface area contributed by atoms with Crippen molar-refractivity contribution >= 4 is 29.7 Å². The van der Waals surface area contributed by atoms with Gasteiger partial charge in [0, 0.05) is 18.5 Å². The van der Waals surface area contributed by atoms with E-state index >= 15 is 0 Å². The van der Waals surface area contributed by atoms with Gasteiger partial charge in [-0.25, -0.2) is 0 Å². The van der Waals surface area contributed by atoms with Gasteiger partial charge in [0.25, 0.3) is 0 Å². The summed E-state index contributed by atoms with van der Waals surface area (Å²) in [6.45, 7) is 2.42. The van der Waals surface area contributed by atoms with E-state index < -0.39 is 0 Å². The number of nitrogens with one attached hydrogen (secondary N) is 2. The third-order valence-electron chi connectivity index (χ3n) is 1.99. The van der Waals surface area contributed by atoms with Crippen molar-refractivity contribution in [3.63, 3.8) is 0 Å². The molecule has 88 valence electrons. The van der Waals surface area contributed by atoms with E-state index in [1.807, 2.05) is 6.07 Å². The monoisotopic (exact) mass is 259 g/mol. The largest absolute Gasteiger partial charge is 0.358 e. The standard InChI is InChI=1S/C10H13N3OS.ClH/c1-7(10(14)12-2)13-6-9-4-3-8(5-11)15-9;/h3-4,7,13H,6H2,1-2H3,(H,12,14);1H/t7-;/m1./s1. The van der Waals surface area contributed by atoms with Gasteiger partial charge in [0.2, 0.25) is 5.91 Å². The average Bonchev–Trinajstić information content (AvgIpc) is 2.72. The molecule has 16 heavy (non-hydrogen) atoms. The zero-order valence-electron chi connectivity index (χ0n) is 9.11. The van der Waals surface area contributed by atoms with Gasteiger partial charge in [0.05, 0.1) is 6.04 Å². The van der Waals surface area contributed by atoms with Gasteiger partial charge in [-0.3, -0.25) is 4.79 Å². The van der Waals surface area contributed by atoms with Gasteiger partial charge in [-0.05, 0) is 19.1 Å². The van der Waals surface area contributed by atoms with Crippen LogP contribution in [0.1, 0.15) is 16.7 Å². The van der Waals surface area contributed by atoms with Crippen LogP contribution in [0.4, 0.5) is 0 Å². The number of nitriles is 1. The lowest BCUT2D eigenvalue weighted by Gasteiger charge is -2.10. The predicted molar refractivity (Wildman–Crippen MR) is 66.7 cm³/mol. The molecule has 0 fully saturated rings. The highest BCUT2D eigenvalue weighted by Gasteiger charge is 2.09. The van der Waals surface area contributed by atoms with Crippen LogP contribution in [0.5, 0.6) is 0 Å². The molecular weight excluding hydrogens is 246 g/mol. The molecule has 0 aliphatic rings. The van der Waals surface area contributed by atoms with Crippen molar-refractivity contribution in [1.82, 2.24) is 10.6 Å². The highest BCUT2D eigenvalue weighted by Crippen LogP contribution is 2.14. The second-order valence-corrected chi connectivity index (χ2v) is 4.26. The van der Waals surface area contributed by atoms with E-state index in [0.717, 1.165) is 4.88 Å². The summed E-state index contributed by atoms with van der Waals surface area (Å²) in [7, 11) is 1.61. The maximum absolute atomic E-state index is 11.2. The summed E-state index contributed by atoms with van der Waals surface area (Å²) in [5.41, 5.74) is 0. The summed E-state index contributed by atoms with van der Waals surface area (Å²) < 4.78 is 0. The van der Waals surface area contributed by atoms with Crippen LogP contribution in [-0.2, 0) is 11.3 Å². The van der Waals surface area contributed by atoms with Crippen LogP contribution in [0.2, 0.25) is 0 Å². The van der Waals surface area contributed by atoms with Crippen LogP contribution in [0, 0.1) is 11.3 Å². The van der Waals surface area contributed by atoms with Gasteiger partial charge in [0.15, 0.2) is 0 Å². The van der Waals surface area contributed by atoms with Crippen LogP contribution in [0.25, 0.3) is 0 Å². The van der Waals surface area contributed by atoms with E-state index in [1.54, 1.807) is 20.0 Å². The maximum atomic E-state index is 11.2. The molecule has 1 aromatic rings. The van der Waals surface area contributed by atoms with Crippen LogP contribution in [0.3, 0.4) is 0 Å². The third-order valence-corrected chi connectivity index (χ3v) is 2.98. The number of nitrogens with zero attached hydrogens (tertiary/aromatic N) is 1. The number of carbonyl (C=O) groups excluding carboxylic acids is 1. The molecule has 0 unspecified atom stereocenters. The fourth-order valence-electron chi connectivity index (χ4n) is 1.10. The van der Waals surface area contributed by atoms with E-state index in [9.17, 15) is 4.79 Å². The lowest BCUT2D eigenvalue weighted by molar-refractivity contribution is -0.122. The van der Waals surface area contributed by atoms with Gasteiger partial charge >= 0.3 is 0 Å². The van der Waals surface area contributed by atoms with Crippen LogP contribution in [0.15, 0.2) is 12.1 Å². The third kappa shape index (κ3) is 4.19. The SMILES string of the molecule is CNC(=O)[C@@H](C)NCc1ccc(C#N)s1.Cl. The smallest absolute Gasteiger partial charge is 0.236 e. The first-order valence-corrected chi connectivity index (χ1v) is 5.42. The molecule has 1 atom stereocenters. The van der Waals surface area contributed by atoms with Crippen LogP contribution < -0.4 is 10.6 Å². The quantitative estimate of drug-likeness (QED) is 0.856. The molecule has 1 aromatic heterocycles. The van der Waals surface area contributed by atoms with E-state index in [1.165, 1.54) is 11.3 Å². The summed E-state index contributed by atoms with van der Waals surface area (Å²) in [6.07, 6.45) is 0. The number of thiophene rings is 1. The second-order valence-electron chi connectivity index (χ2n) is 3.09. The topological polar surface area (TPSA) is 64.9 Å². The summed E-state index contributed by atoms with van der Waals surface area (Å²) in [5, 5.41) is 14.3. The molecule has 6 heteroatoms. The average molecular weight is 260 g/mol. The summed E-state index contributed by atoms with van der Waals surface area (Å²) >= 11 is 1.44. The van der Waals surface area contributed by atoms with Crippen LogP contribution >= 0.6 is 23.7 Å². The van der Waals surface area contributed by atoms with E-state index in [4.69, 9.17) is 5.26 Å². The number of amides is 1. The van der Waals surface area contributed by atoms with Crippen molar-refractivity contribution in [1.29, 1.82) is 5.26 Å². The Kier molecular flexibility index (Phi) is 6.74. The molecule has 0 spiro atoms. The Morgan fingerprint density at radius 3 is 2.81 bits per heavy atom. The fraction of sp³-hybridized carbons (Fsp3) is 0.400. The van der Waals surface area contributed by atoms with Crippen molar-refractivity contribution in [2.45, 2.75) is 19.5 Å². The summed E-state index contributed by atoms with van der Waals surface area (Å²) in [4.78, 5) is 12.9. The molecule has 0 aliphatic carbocycles. The lowest BCUT2D eigenvalue weighted by atomic mass is 10.3. The normalized spacial score (nSPS) is 11.1. The maximum Gasteiger partial charge on any atom is 0.236 e. The van der Waals surface area contributed by atoms with Gasteiger partial charge in [-0.2, -0.15) is 5.26 Å². The molecule has 1 heterocycles. The zero-order valence-corrected chi connectivity index (χ0v) is 10.7. The summed E-state index contributed by atoms with van der Waals surface area (Å²) in [5.74, 6) is -0.0351. The zero-order chi connectivity index (χ0) is 11.3. The van der Waals surface area contributed by atoms with E-state index in [2.05, 4.69) is 16.7 Å². The number of rotatable bonds is 4. The Morgan fingerprint density at radius 1 is 1.62 bits per heavy atom. The molecule has 0 saturated heterocycles. The molecule has 2 N–H and O–H groups in total. The first-order chi connectivity index (χ1) is 7.17. The minimum atomic E-state index is -0.220. The molecule has 0 saturated carbocycles. The van der Waals surface area contributed by atoms with Crippen LogP contribution in [-0.4, -0.2) is 19.0 Å². The Morgan fingerprint density at radius 2 is 2.31 bits per heavy atom. The van der Waals surface area contributed by atoms with Crippen molar-refractivity contribution in [2.24, 2.45) is 0 Å². The Labute approximate surface area is 105 Å². The highest BCUT2D eigenvalue weighted by molar-refractivity contribution is 7.12. The molecule has 1 rings (SSSR count). The molecular formula is C10H14ClN3OS. The Bertz CT molecular complexity index is 386. The number of hydrogen-bond acceptors (Lipinski definition) is 4. The Balaban J connectivity index is 0.00000225. The molecule has 0 radical (unpaired) electrons. The number of carbonyl (C=O) groups is 1. The number of likely N-dealkylation sites (N-methyl/N-ethyl adjacent to an activating group) is 1. The van der Waals surface area contributed by atoms with Gasteiger partial charge in [-0.1, -0.05) is 0 Å². The molecule has 0 aliphatic heterocycles. The van der Waals surface area contributed by atoms with E-state index in [0.29, 0.717) is 11.4 Å². The molecule has 0 aromatic carbocycles.